The number of anilines is 1. The third-order valence-corrected chi connectivity index (χ3v) is 9.49. The molecule has 1 saturated heterocycles. The van der Waals surface area contributed by atoms with Gasteiger partial charge >= 0.3 is 12.1 Å². The highest BCUT2D eigenvalue weighted by molar-refractivity contribution is 7.92. The maximum absolute atomic E-state index is 14.9. The van der Waals surface area contributed by atoms with Gasteiger partial charge in [-0.1, -0.05) is 23.2 Å². The zero-order chi connectivity index (χ0) is 27.3. The first-order valence-corrected chi connectivity index (χ1v) is 13.9. The van der Waals surface area contributed by atoms with Gasteiger partial charge in [-0.3, -0.25) is 9.52 Å². The van der Waals surface area contributed by atoms with E-state index in [1.54, 1.807) is 0 Å². The topological polar surface area (TPSA) is 120 Å². The Kier molecular flexibility index (Phi) is 7.13. The van der Waals surface area contributed by atoms with E-state index >= 15 is 0 Å². The van der Waals surface area contributed by atoms with Crippen LogP contribution in [-0.4, -0.2) is 69.3 Å². The van der Waals surface area contributed by atoms with Gasteiger partial charge in [0.2, 0.25) is 10.0 Å². The number of aromatic amines is 1. The largest absolute Gasteiger partial charge is 0.471 e. The number of carbonyl (C=O) groups excluding carboxylic acids is 1. The molecule has 1 aliphatic heterocycles. The zero-order valence-corrected chi connectivity index (χ0v) is 21.5. The molecule has 0 bridgehead atoms. The van der Waals surface area contributed by atoms with Gasteiger partial charge in [0.25, 0.3) is 10.0 Å². The van der Waals surface area contributed by atoms with Crippen LogP contribution in [0, 0.1) is 5.82 Å². The number of hydrogen-bond acceptors (Lipinski definition) is 5. The van der Waals surface area contributed by atoms with E-state index in [1.165, 1.54) is 18.3 Å². The second kappa shape index (κ2) is 9.62. The number of halogens is 6. The van der Waals surface area contributed by atoms with Crippen LogP contribution in [0.1, 0.15) is 0 Å². The molecule has 0 saturated carbocycles. The number of H-pyrrole nitrogens is 1. The van der Waals surface area contributed by atoms with Crippen molar-refractivity contribution >= 4 is 65.7 Å². The lowest BCUT2D eigenvalue weighted by Gasteiger charge is -2.34. The number of amides is 1. The Bertz CT molecular complexity index is 1600. The normalized spacial score (nSPS) is 15.8. The highest BCUT2D eigenvalue weighted by Gasteiger charge is 2.44. The van der Waals surface area contributed by atoms with Gasteiger partial charge in [0.1, 0.15) is 10.7 Å². The Hall–Kier alpha value is -2.59. The number of rotatable bonds is 5. The lowest BCUT2D eigenvalue weighted by molar-refractivity contribution is -0.186. The van der Waals surface area contributed by atoms with E-state index in [9.17, 15) is 39.2 Å². The summed E-state index contributed by atoms with van der Waals surface area (Å²) in [6.07, 6.45) is -3.71. The molecule has 1 amide bonds. The van der Waals surface area contributed by atoms with E-state index in [4.69, 9.17) is 23.2 Å². The average molecular weight is 603 g/mol. The van der Waals surface area contributed by atoms with Crippen molar-refractivity contribution in [2.75, 3.05) is 30.9 Å². The van der Waals surface area contributed by atoms with Crippen molar-refractivity contribution in [3.8, 4) is 0 Å². The molecule has 1 aromatic heterocycles. The van der Waals surface area contributed by atoms with Crippen molar-refractivity contribution in [1.29, 1.82) is 0 Å². The van der Waals surface area contributed by atoms with Crippen LogP contribution in [0.5, 0.6) is 0 Å². The first kappa shape index (κ1) is 27.4. The Morgan fingerprint density at radius 3 is 2.22 bits per heavy atom. The Labute approximate surface area is 218 Å². The van der Waals surface area contributed by atoms with Gasteiger partial charge in [0, 0.05) is 37.8 Å². The molecule has 0 unspecified atom stereocenters. The monoisotopic (exact) mass is 602 g/mol. The van der Waals surface area contributed by atoms with Crippen LogP contribution in [0.2, 0.25) is 10.0 Å². The number of piperazine rings is 1. The van der Waals surface area contributed by atoms with Crippen molar-refractivity contribution in [3.05, 3.63) is 52.4 Å². The highest BCUT2D eigenvalue weighted by Crippen LogP contribution is 2.35. The number of nitrogens with zero attached hydrogens (tertiary/aromatic N) is 2. The molecular formula is C20H16Cl2F4N4O5S2. The Morgan fingerprint density at radius 2 is 1.62 bits per heavy atom. The fraction of sp³-hybridized carbons (Fsp3) is 0.250. The van der Waals surface area contributed by atoms with Gasteiger partial charge in [-0.15, -0.1) is 0 Å². The zero-order valence-electron chi connectivity index (χ0n) is 18.3. The molecule has 2 N–H and O–H groups in total. The minimum absolute atomic E-state index is 0.00803. The number of benzene rings is 2. The molecule has 1 fully saturated rings. The number of carbonyl (C=O) groups is 1. The summed E-state index contributed by atoms with van der Waals surface area (Å²) in [5, 5.41) is 0.807. The number of alkyl halides is 3. The van der Waals surface area contributed by atoms with Gasteiger partial charge < -0.3 is 9.88 Å². The molecule has 2 aromatic carbocycles. The molecule has 9 nitrogen and oxygen atoms in total. The van der Waals surface area contributed by atoms with E-state index < -0.39 is 73.9 Å². The van der Waals surface area contributed by atoms with E-state index in [0.29, 0.717) is 16.4 Å². The van der Waals surface area contributed by atoms with E-state index in [0.717, 1.165) is 16.4 Å². The second-order valence-corrected chi connectivity index (χ2v) is 12.3. The van der Waals surface area contributed by atoms with Crippen molar-refractivity contribution in [3.63, 3.8) is 0 Å². The third-order valence-electron chi connectivity index (χ3n) is 5.58. The van der Waals surface area contributed by atoms with Gasteiger partial charge in [0.05, 0.1) is 26.1 Å². The van der Waals surface area contributed by atoms with Crippen molar-refractivity contribution in [1.82, 2.24) is 14.2 Å². The standard InChI is InChI=1S/C20H16Cl2F4N4O5S2/c21-12-2-3-15(18-17(12)13(22)10-27-18)28-36(32,33)16-4-1-11(9-14(16)23)37(34,35)30-7-5-29(6-8-30)19(31)20(24,25)26/h1-4,9-10,27-28H,5-8H2. The Balaban J connectivity index is 1.56. The van der Waals surface area contributed by atoms with Crippen LogP contribution in [0.3, 0.4) is 0 Å². The summed E-state index contributed by atoms with van der Waals surface area (Å²) < 4.78 is 107. The molecule has 17 heteroatoms. The third kappa shape index (κ3) is 5.23. The molecule has 0 spiro atoms. The van der Waals surface area contributed by atoms with E-state index in [2.05, 4.69) is 9.71 Å². The number of hydrogen-bond donors (Lipinski definition) is 2. The SMILES string of the molecule is O=C(N1CCN(S(=O)(=O)c2ccc(S(=O)(=O)Nc3ccc(Cl)c4c(Cl)c[nH]c34)c(F)c2)CC1)C(F)(F)F. The van der Waals surface area contributed by atoms with Crippen molar-refractivity contribution in [2.45, 2.75) is 16.0 Å². The predicted octanol–water partition coefficient (Wildman–Crippen LogP) is 3.81. The minimum Gasteiger partial charge on any atom is -0.358 e. The average Bonchev–Trinajstić information content (AvgIpc) is 3.22. The summed E-state index contributed by atoms with van der Waals surface area (Å²) in [7, 11) is -8.94. The highest BCUT2D eigenvalue weighted by atomic mass is 35.5. The minimum atomic E-state index is -5.09. The van der Waals surface area contributed by atoms with Crippen LogP contribution < -0.4 is 4.72 Å². The second-order valence-electron chi connectivity index (χ2n) is 7.87. The van der Waals surface area contributed by atoms with Crippen molar-refractivity contribution < 1.29 is 39.2 Å². The van der Waals surface area contributed by atoms with E-state index in [1.807, 2.05) is 0 Å². The summed E-state index contributed by atoms with van der Waals surface area (Å²) in [5.74, 6) is -3.47. The number of fused-ring (bicyclic) bond motifs is 1. The van der Waals surface area contributed by atoms with Crippen LogP contribution in [-0.2, 0) is 24.8 Å². The summed E-state index contributed by atoms with van der Waals surface area (Å²) in [6, 6.07) is 4.83. The summed E-state index contributed by atoms with van der Waals surface area (Å²) in [4.78, 5) is 13.1. The molecule has 0 atom stereocenters. The number of nitrogens with one attached hydrogen (secondary N) is 2. The molecule has 0 aliphatic carbocycles. The van der Waals surface area contributed by atoms with Gasteiger partial charge in [-0.05, 0) is 30.3 Å². The molecule has 4 rings (SSSR count). The van der Waals surface area contributed by atoms with Crippen LogP contribution in [0.15, 0.2) is 46.3 Å². The van der Waals surface area contributed by atoms with Gasteiger partial charge in [0.15, 0.2) is 0 Å². The molecular weight excluding hydrogens is 587 g/mol. The van der Waals surface area contributed by atoms with Crippen LogP contribution in [0.4, 0.5) is 23.2 Å². The summed E-state index contributed by atoms with van der Waals surface area (Å²) in [6.45, 7) is -1.96. The fourth-order valence-electron chi connectivity index (χ4n) is 3.77. The molecule has 37 heavy (non-hydrogen) atoms. The lowest BCUT2D eigenvalue weighted by Crippen LogP contribution is -2.53. The van der Waals surface area contributed by atoms with Crippen LogP contribution >= 0.6 is 23.2 Å². The molecule has 2 heterocycles. The number of sulfonamides is 2. The molecule has 200 valence electrons. The molecule has 1 aliphatic rings. The van der Waals surface area contributed by atoms with Gasteiger partial charge in [-0.2, -0.15) is 17.5 Å². The Morgan fingerprint density at radius 1 is 0.973 bits per heavy atom. The van der Waals surface area contributed by atoms with Gasteiger partial charge in [-0.25, -0.2) is 21.2 Å². The quantitative estimate of drug-likeness (QED) is 0.430. The molecule has 0 radical (unpaired) electrons. The smallest absolute Gasteiger partial charge is 0.358 e. The first-order chi connectivity index (χ1) is 17.1. The van der Waals surface area contributed by atoms with E-state index in [-0.39, 0.29) is 21.2 Å². The first-order valence-electron chi connectivity index (χ1n) is 10.3. The fourth-order valence-corrected chi connectivity index (χ4v) is 6.90. The lowest BCUT2D eigenvalue weighted by atomic mass is 10.2. The maximum atomic E-state index is 14.9. The number of aromatic nitrogens is 1. The summed E-state index contributed by atoms with van der Waals surface area (Å²) >= 11 is 12.1. The summed E-state index contributed by atoms with van der Waals surface area (Å²) in [5.41, 5.74) is 0.248. The predicted molar refractivity (Wildman–Crippen MR) is 127 cm³/mol. The van der Waals surface area contributed by atoms with Crippen molar-refractivity contribution in [2.24, 2.45) is 0 Å². The van der Waals surface area contributed by atoms with Crippen LogP contribution in [0.25, 0.3) is 10.9 Å². The molecule has 3 aromatic rings. The maximum Gasteiger partial charge on any atom is 0.471 e.